The zero-order valence-electron chi connectivity index (χ0n) is 13.5. The van der Waals surface area contributed by atoms with Gasteiger partial charge in [0.15, 0.2) is 0 Å². The summed E-state index contributed by atoms with van der Waals surface area (Å²) in [5.41, 5.74) is 1.12. The van der Waals surface area contributed by atoms with Gasteiger partial charge >= 0.3 is 5.69 Å². The SMILES string of the molecule is CC(C)n1ccn(-c2ccccc2C2(N=C=O)CCCC2)c1=O. The van der Waals surface area contributed by atoms with Crippen LogP contribution in [0.5, 0.6) is 0 Å². The first-order chi connectivity index (χ1) is 11.1. The van der Waals surface area contributed by atoms with Gasteiger partial charge in [-0.3, -0.25) is 9.13 Å². The van der Waals surface area contributed by atoms with Gasteiger partial charge in [-0.25, -0.2) is 9.59 Å². The number of nitrogens with zero attached hydrogens (tertiary/aromatic N) is 3. The number of aromatic nitrogens is 2. The Balaban J connectivity index is 2.19. The van der Waals surface area contributed by atoms with Crippen LogP contribution in [0.15, 0.2) is 46.4 Å². The average Bonchev–Trinajstić information content (AvgIpc) is 3.15. The van der Waals surface area contributed by atoms with Crippen LogP contribution in [0, 0.1) is 0 Å². The van der Waals surface area contributed by atoms with E-state index in [1.54, 1.807) is 27.6 Å². The number of carbonyl (C=O) groups excluding carboxylic acids is 1. The van der Waals surface area contributed by atoms with E-state index in [1.165, 1.54) is 0 Å². The maximum Gasteiger partial charge on any atom is 0.332 e. The molecule has 2 aromatic rings. The molecular weight excluding hydrogens is 290 g/mol. The van der Waals surface area contributed by atoms with E-state index in [1.807, 2.05) is 38.1 Å². The van der Waals surface area contributed by atoms with Crippen LogP contribution in [0.4, 0.5) is 0 Å². The third-order valence-corrected chi connectivity index (χ3v) is 4.71. The van der Waals surface area contributed by atoms with Crippen molar-refractivity contribution in [3.8, 4) is 5.69 Å². The Morgan fingerprint density at radius 2 is 1.87 bits per heavy atom. The lowest BCUT2D eigenvalue weighted by atomic mass is 9.87. The van der Waals surface area contributed by atoms with Gasteiger partial charge in [0.05, 0.1) is 5.69 Å². The molecule has 0 saturated heterocycles. The Kier molecular flexibility index (Phi) is 4.05. The molecule has 1 aliphatic carbocycles. The molecule has 1 aliphatic rings. The monoisotopic (exact) mass is 311 g/mol. The summed E-state index contributed by atoms with van der Waals surface area (Å²) >= 11 is 0. The lowest BCUT2D eigenvalue weighted by Gasteiger charge is -2.25. The summed E-state index contributed by atoms with van der Waals surface area (Å²) in [5.74, 6) is 0. The van der Waals surface area contributed by atoms with Crippen LogP contribution >= 0.6 is 0 Å². The van der Waals surface area contributed by atoms with Gasteiger partial charge in [0, 0.05) is 24.0 Å². The number of aliphatic imine (C=N–C) groups is 1. The van der Waals surface area contributed by atoms with Crippen LogP contribution in [0.25, 0.3) is 5.69 Å². The van der Waals surface area contributed by atoms with Gasteiger partial charge in [-0.05, 0) is 32.8 Å². The minimum atomic E-state index is -0.544. The van der Waals surface area contributed by atoms with Crippen molar-refractivity contribution in [2.45, 2.75) is 51.1 Å². The van der Waals surface area contributed by atoms with Crippen LogP contribution in [0.2, 0.25) is 0 Å². The normalized spacial score (nSPS) is 16.5. The zero-order valence-corrected chi connectivity index (χ0v) is 13.5. The average molecular weight is 311 g/mol. The van der Waals surface area contributed by atoms with Gasteiger partial charge in [0.25, 0.3) is 0 Å². The highest BCUT2D eigenvalue weighted by molar-refractivity contribution is 5.48. The molecule has 0 spiro atoms. The van der Waals surface area contributed by atoms with Crippen molar-refractivity contribution in [1.82, 2.24) is 9.13 Å². The molecule has 0 aliphatic heterocycles. The molecule has 0 unspecified atom stereocenters. The zero-order chi connectivity index (χ0) is 16.4. The van der Waals surface area contributed by atoms with Crippen molar-refractivity contribution in [3.63, 3.8) is 0 Å². The molecule has 5 nitrogen and oxygen atoms in total. The van der Waals surface area contributed by atoms with Gasteiger partial charge in [-0.15, -0.1) is 0 Å². The first kappa shape index (κ1) is 15.5. The second-order valence-electron chi connectivity index (χ2n) is 6.41. The molecule has 3 rings (SSSR count). The first-order valence-corrected chi connectivity index (χ1v) is 8.07. The number of hydrogen-bond donors (Lipinski definition) is 0. The third kappa shape index (κ3) is 2.57. The van der Waals surface area contributed by atoms with Crippen molar-refractivity contribution >= 4 is 6.08 Å². The minimum Gasteiger partial charge on any atom is -0.296 e. The van der Waals surface area contributed by atoms with E-state index in [4.69, 9.17) is 0 Å². The van der Waals surface area contributed by atoms with Crippen LogP contribution < -0.4 is 5.69 Å². The smallest absolute Gasteiger partial charge is 0.296 e. The highest BCUT2D eigenvalue weighted by Crippen LogP contribution is 2.44. The Morgan fingerprint density at radius 3 is 2.48 bits per heavy atom. The predicted octanol–water partition coefficient (Wildman–Crippen LogP) is 3.33. The Morgan fingerprint density at radius 1 is 1.17 bits per heavy atom. The molecule has 0 bridgehead atoms. The quantitative estimate of drug-likeness (QED) is 0.642. The van der Waals surface area contributed by atoms with Crippen molar-refractivity contribution in [2.24, 2.45) is 4.99 Å². The number of benzene rings is 1. The predicted molar refractivity (Wildman–Crippen MR) is 88.7 cm³/mol. The van der Waals surface area contributed by atoms with Crippen LogP contribution in [0.1, 0.15) is 51.1 Å². The van der Waals surface area contributed by atoms with E-state index >= 15 is 0 Å². The van der Waals surface area contributed by atoms with E-state index in [9.17, 15) is 9.59 Å². The molecule has 5 heteroatoms. The van der Waals surface area contributed by atoms with Gasteiger partial charge in [0.2, 0.25) is 6.08 Å². The Hall–Kier alpha value is -2.39. The van der Waals surface area contributed by atoms with Crippen LogP contribution in [0.3, 0.4) is 0 Å². The standard InChI is InChI=1S/C18H21N3O2/c1-14(2)20-11-12-21(17(20)23)16-8-4-3-7-15(16)18(19-13-22)9-5-6-10-18/h3-4,7-8,11-12,14H,5-6,9-10H2,1-2H3. The van der Waals surface area contributed by atoms with Crippen molar-refractivity contribution in [1.29, 1.82) is 0 Å². The molecule has 1 aromatic heterocycles. The van der Waals surface area contributed by atoms with Crippen LogP contribution in [-0.4, -0.2) is 15.2 Å². The Labute approximate surface area is 135 Å². The van der Waals surface area contributed by atoms with Crippen LogP contribution in [-0.2, 0) is 10.3 Å². The highest BCUT2D eigenvalue weighted by Gasteiger charge is 2.37. The summed E-state index contributed by atoms with van der Waals surface area (Å²) < 4.78 is 3.34. The number of hydrogen-bond acceptors (Lipinski definition) is 3. The molecule has 0 atom stereocenters. The minimum absolute atomic E-state index is 0.0734. The van der Waals surface area contributed by atoms with E-state index in [-0.39, 0.29) is 11.7 Å². The summed E-state index contributed by atoms with van der Waals surface area (Å²) in [6.07, 6.45) is 9.03. The second-order valence-corrected chi connectivity index (χ2v) is 6.41. The highest BCUT2D eigenvalue weighted by atomic mass is 16.1. The molecule has 0 N–H and O–H groups in total. The summed E-state index contributed by atoms with van der Waals surface area (Å²) in [4.78, 5) is 27.8. The molecular formula is C18H21N3O2. The fraction of sp³-hybridized carbons (Fsp3) is 0.444. The summed E-state index contributed by atoms with van der Waals surface area (Å²) in [5, 5.41) is 0. The van der Waals surface area contributed by atoms with Gasteiger partial charge in [-0.1, -0.05) is 31.0 Å². The molecule has 1 aromatic carbocycles. The molecule has 0 radical (unpaired) electrons. The fourth-order valence-electron chi connectivity index (χ4n) is 3.53. The van der Waals surface area contributed by atoms with E-state index in [0.29, 0.717) is 0 Å². The number of imidazole rings is 1. The topological polar surface area (TPSA) is 56.4 Å². The van der Waals surface area contributed by atoms with Crippen molar-refractivity contribution in [2.75, 3.05) is 0 Å². The van der Waals surface area contributed by atoms with Crippen molar-refractivity contribution in [3.05, 3.63) is 52.7 Å². The second kappa shape index (κ2) is 6.01. The molecule has 120 valence electrons. The molecule has 1 heterocycles. The fourth-order valence-corrected chi connectivity index (χ4v) is 3.53. The van der Waals surface area contributed by atoms with Gasteiger partial charge in [0.1, 0.15) is 5.54 Å². The first-order valence-electron chi connectivity index (χ1n) is 8.07. The maximum atomic E-state index is 12.7. The number of para-hydroxylation sites is 1. The summed E-state index contributed by atoms with van der Waals surface area (Å²) in [7, 11) is 0. The van der Waals surface area contributed by atoms with E-state index in [2.05, 4.69) is 4.99 Å². The summed E-state index contributed by atoms with van der Waals surface area (Å²) in [6.45, 7) is 3.96. The molecule has 1 fully saturated rings. The van der Waals surface area contributed by atoms with Crippen molar-refractivity contribution < 1.29 is 4.79 Å². The maximum absolute atomic E-state index is 12.7. The third-order valence-electron chi connectivity index (χ3n) is 4.71. The molecule has 0 amide bonds. The largest absolute Gasteiger partial charge is 0.332 e. The molecule has 23 heavy (non-hydrogen) atoms. The van der Waals surface area contributed by atoms with Gasteiger partial charge in [-0.2, -0.15) is 4.99 Å². The lowest BCUT2D eigenvalue weighted by molar-refractivity contribution is 0.454. The lowest BCUT2D eigenvalue weighted by Crippen LogP contribution is -2.27. The Bertz CT molecular complexity index is 804. The van der Waals surface area contributed by atoms with E-state index < -0.39 is 5.54 Å². The number of isocyanates is 1. The number of rotatable bonds is 4. The summed E-state index contributed by atoms with van der Waals surface area (Å²) in [6, 6.07) is 7.83. The molecule has 1 saturated carbocycles. The van der Waals surface area contributed by atoms with E-state index in [0.717, 1.165) is 36.9 Å². The van der Waals surface area contributed by atoms with Gasteiger partial charge < -0.3 is 0 Å².